The van der Waals surface area contributed by atoms with E-state index in [-0.39, 0.29) is 11.6 Å². The van der Waals surface area contributed by atoms with Crippen LogP contribution in [0.1, 0.15) is 36.8 Å². The average Bonchev–Trinajstić information content (AvgIpc) is 2.85. The molecule has 0 radical (unpaired) electrons. The first-order valence-corrected chi connectivity index (χ1v) is 7.94. The van der Waals surface area contributed by atoms with Crippen molar-refractivity contribution in [1.29, 1.82) is 5.26 Å². The van der Waals surface area contributed by atoms with Gasteiger partial charge in [0.2, 0.25) is 0 Å². The van der Waals surface area contributed by atoms with Gasteiger partial charge in [-0.15, -0.1) is 0 Å². The van der Waals surface area contributed by atoms with Crippen LogP contribution >= 0.6 is 0 Å². The quantitative estimate of drug-likeness (QED) is 0.462. The van der Waals surface area contributed by atoms with E-state index in [4.69, 9.17) is 4.74 Å². The summed E-state index contributed by atoms with van der Waals surface area (Å²) in [6.07, 6.45) is 1.53. The topological polar surface area (TPSA) is 93.4 Å². The van der Waals surface area contributed by atoms with E-state index < -0.39 is 17.9 Å². The molecule has 0 saturated heterocycles. The molecule has 1 N–H and O–H groups in total. The highest BCUT2D eigenvalue weighted by Gasteiger charge is 2.20. The molecule has 0 saturated carbocycles. The molecule has 0 aromatic carbocycles. The number of nitrogens with one attached hydrogen (secondary N) is 1. The summed E-state index contributed by atoms with van der Waals surface area (Å²) in [7, 11) is 2.88. The van der Waals surface area contributed by atoms with E-state index in [9.17, 15) is 14.9 Å². The van der Waals surface area contributed by atoms with Crippen molar-refractivity contribution in [2.45, 2.75) is 39.8 Å². The monoisotopic (exact) mass is 347 g/mol. The number of ether oxygens (including phenoxy) is 2. The van der Waals surface area contributed by atoms with Gasteiger partial charge in [0.25, 0.3) is 5.91 Å². The molecule has 1 aromatic rings. The zero-order chi connectivity index (χ0) is 19.1. The molecule has 0 aliphatic carbocycles. The fraction of sp³-hybridized carbons (Fsp3) is 0.500. The molecule has 7 nitrogen and oxygen atoms in total. The van der Waals surface area contributed by atoms with Crippen LogP contribution in [0, 0.1) is 25.2 Å². The molecule has 2 atom stereocenters. The lowest BCUT2D eigenvalue weighted by molar-refractivity contribution is -0.144. The number of carbonyl (C=O) groups excluding carboxylic acids is 2. The smallest absolute Gasteiger partial charge is 0.328 e. The van der Waals surface area contributed by atoms with Gasteiger partial charge < -0.3 is 19.4 Å². The van der Waals surface area contributed by atoms with E-state index in [1.165, 1.54) is 20.1 Å². The Kier molecular flexibility index (Phi) is 7.40. The van der Waals surface area contributed by atoms with Gasteiger partial charge in [-0.1, -0.05) is 0 Å². The predicted molar refractivity (Wildman–Crippen MR) is 93.7 cm³/mol. The second-order valence-electron chi connectivity index (χ2n) is 5.89. The maximum atomic E-state index is 12.2. The zero-order valence-electron chi connectivity index (χ0n) is 15.5. The summed E-state index contributed by atoms with van der Waals surface area (Å²) in [5.74, 6) is -1.19. The van der Waals surface area contributed by atoms with Gasteiger partial charge in [0.15, 0.2) is 0 Å². The van der Waals surface area contributed by atoms with Crippen LogP contribution in [-0.4, -0.2) is 43.3 Å². The lowest BCUT2D eigenvalue weighted by atomic mass is 10.1. The number of aryl methyl sites for hydroxylation is 1. The minimum atomic E-state index is -0.830. The van der Waals surface area contributed by atoms with Crippen molar-refractivity contribution >= 4 is 18.0 Å². The summed E-state index contributed by atoms with van der Waals surface area (Å²) in [4.78, 5) is 23.6. The SMILES string of the molecule is COCC(C)n1c(C)cc(C=C(C#N)C(=O)N[C@@H](C)C(=O)OC)c1C. The highest BCUT2D eigenvalue weighted by Crippen LogP contribution is 2.22. The minimum absolute atomic E-state index is 0.0737. The number of hydrogen-bond acceptors (Lipinski definition) is 5. The van der Waals surface area contributed by atoms with Gasteiger partial charge in [-0.3, -0.25) is 4.79 Å². The largest absolute Gasteiger partial charge is 0.467 e. The van der Waals surface area contributed by atoms with Crippen molar-refractivity contribution in [3.05, 3.63) is 28.6 Å². The summed E-state index contributed by atoms with van der Waals surface area (Å²) < 4.78 is 11.9. The molecule has 0 bridgehead atoms. The van der Waals surface area contributed by atoms with Crippen molar-refractivity contribution in [3.8, 4) is 6.07 Å². The summed E-state index contributed by atoms with van der Waals surface area (Å²) in [6, 6.07) is 3.10. The molecule has 25 heavy (non-hydrogen) atoms. The van der Waals surface area contributed by atoms with Gasteiger partial charge in [-0.05, 0) is 45.4 Å². The molecule has 1 unspecified atom stereocenters. The molecule has 0 aliphatic rings. The van der Waals surface area contributed by atoms with Crippen LogP contribution in [0.15, 0.2) is 11.6 Å². The van der Waals surface area contributed by atoms with Crippen LogP contribution in [-0.2, 0) is 19.1 Å². The number of nitriles is 1. The number of amides is 1. The summed E-state index contributed by atoms with van der Waals surface area (Å²) in [6.45, 7) is 7.97. The van der Waals surface area contributed by atoms with Crippen LogP contribution in [0.4, 0.5) is 0 Å². The van der Waals surface area contributed by atoms with Crippen LogP contribution in [0.3, 0.4) is 0 Å². The van der Waals surface area contributed by atoms with Gasteiger partial charge in [0.1, 0.15) is 17.7 Å². The number of methoxy groups -OCH3 is 2. The molecule has 7 heteroatoms. The number of carbonyl (C=O) groups is 2. The van der Waals surface area contributed by atoms with Gasteiger partial charge in [-0.25, -0.2) is 4.79 Å². The van der Waals surface area contributed by atoms with Crippen molar-refractivity contribution in [1.82, 2.24) is 9.88 Å². The second kappa shape index (κ2) is 9.04. The zero-order valence-corrected chi connectivity index (χ0v) is 15.5. The molecule has 136 valence electrons. The Morgan fingerprint density at radius 2 is 2.00 bits per heavy atom. The lowest BCUT2D eigenvalue weighted by Gasteiger charge is -2.17. The summed E-state index contributed by atoms with van der Waals surface area (Å²) in [5, 5.41) is 11.8. The van der Waals surface area contributed by atoms with E-state index in [1.54, 1.807) is 7.11 Å². The number of nitrogens with zero attached hydrogens (tertiary/aromatic N) is 2. The molecular weight excluding hydrogens is 322 g/mol. The number of hydrogen-bond donors (Lipinski definition) is 1. The average molecular weight is 347 g/mol. The molecule has 1 aromatic heterocycles. The van der Waals surface area contributed by atoms with Crippen LogP contribution in [0.2, 0.25) is 0 Å². The molecule has 0 spiro atoms. The minimum Gasteiger partial charge on any atom is -0.467 e. The lowest BCUT2D eigenvalue weighted by Crippen LogP contribution is -2.39. The highest BCUT2D eigenvalue weighted by atomic mass is 16.5. The molecule has 1 amide bonds. The summed E-state index contributed by atoms with van der Waals surface area (Å²) in [5.41, 5.74) is 2.64. The van der Waals surface area contributed by atoms with Crippen molar-refractivity contribution in [3.63, 3.8) is 0 Å². The Balaban J connectivity index is 3.11. The molecule has 0 fully saturated rings. The first kappa shape index (κ1) is 20.5. The van der Waals surface area contributed by atoms with E-state index in [0.29, 0.717) is 6.61 Å². The molecular formula is C18H25N3O4. The van der Waals surface area contributed by atoms with Crippen molar-refractivity contribution < 1.29 is 19.1 Å². The van der Waals surface area contributed by atoms with Crippen LogP contribution in [0.25, 0.3) is 6.08 Å². The number of aromatic nitrogens is 1. The molecule has 1 heterocycles. The third-order valence-corrected chi connectivity index (χ3v) is 3.94. The van der Waals surface area contributed by atoms with Gasteiger partial charge in [0.05, 0.1) is 19.8 Å². The van der Waals surface area contributed by atoms with Crippen LogP contribution in [0.5, 0.6) is 0 Å². The van der Waals surface area contributed by atoms with E-state index in [0.717, 1.165) is 17.0 Å². The van der Waals surface area contributed by atoms with Gasteiger partial charge in [0, 0.05) is 18.5 Å². The first-order chi connectivity index (χ1) is 11.8. The molecule has 0 aliphatic heterocycles. The highest BCUT2D eigenvalue weighted by molar-refractivity contribution is 6.03. The van der Waals surface area contributed by atoms with E-state index in [2.05, 4.69) is 14.6 Å². The fourth-order valence-electron chi connectivity index (χ4n) is 2.76. The Labute approximate surface area is 148 Å². The third-order valence-electron chi connectivity index (χ3n) is 3.94. The third kappa shape index (κ3) is 4.94. The van der Waals surface area contributed by atoms with Crippen molar-refractivity contribution in [2.75, 3.05) is 20.8 Å². The normalized spacial score (nSPS) is 13.7. The second-order valence-corrected chi connectivity index (χ2v) is 5.89. The Morgan fingerprint density at radius 1 is 1.36 bits per heavy atom. The maximum absolute atomic E-state index is 12.2. The standard InChI is InChI=1S/C18H25N3O4/c1-11-7-15(14(4)21(11)12(2)10-24-5)8-16(9-19)17(22)20-13(3)18(23)25-6/h7-8,12-13H,10H2,1-6H3,(H,20,22)/t12?,13-/m0/s1. The number of esters is 1. The maximum Gasteiger partial charge on any atom is 0.328 e. The fourth-order valence-corrected chi connectivity index (χ4v) is 2.76. The van der Waals surface area contributed by atoms with Gasteiger partial charge >= 0.3 is 5.97 Å². The van der Waals surface area contributed by atoms with Gasteiger partial charge in [-0.2, -0.15) is 5.26 Å². The Hall–Kier alpha value is -2.59. The Morgan fingerprint density at radius 3 is 2.52 bits per heavy atom. The van der Waals surface area contributed by atoms with Crippen molar-refractivity contribution in [2.24, 2.45) is 0 Å². The first-order valence-electron chi connectivity index (χ1n) is 7.94. The molecule has 1 rings (SSSR count). The Bertz CT molecular complexity index is 713. The number of rotatable bonds is 7. The van der Waals surface area contributed by atoms with E-state index in [1.807, 2.05) is 32.9 Å². The summed E-state index contributed by atoms with van der Waals surface area (Å²) >= 11 is 0. The van der Waals surface area contributed by atoms with Crippen LogP contribution < -0.4 is 5.32 Å². The van der Waals surface area contributed by atoms with E-state index >= 15 is 0 Å². The predicted octanol–water partition coefficient (Wildman–Crippen LogP) is 1.90.